The average molecular weight is 198 g/mol. The van der Waals surface area contributed by atoms with Crippen molar-refractivity contribution < 1.29 is 0 Å². The number of nitrogens with one attached hydrogen (secondary N) is 1. The van der Waals surface area contributed by atoms with E-state index in [-0.39, 0.29) is 0 Å². The molecule has 2 heteroatoms. The Hall–Kier alpha value is -0.530. The first-order valence-corrected chi connectivity index (χ1v) is 5.08. The highest BCUT2D eigenvalue weighted by atomic mass is 35.5. The Morgan fingerprint density at radius 1 is 1.31 bits per heavy atom. The molecule has 0 aliphatic rings. The molecule has 0 fully saturated rings. The molecule has 0 bridgehead atoms. The summed E-state index contributed by atoms with van der Waals surface area (Å²) in [5, 5.41) is 4.22. The maximum Gasteiger partial charge on any atom is 0.0406 e. The molecule has 1 aromatic rings. The van der Waals surface area contributed by atoms with Crippen molar-refractivity contribution in [2.24, 2.45) is 0 Å². The highest BCUT2D eigenvalue weighted by Crippen LogP contribution is 2.09. The second-order valence-corrected chi connectivity index (χ2v) is 3.75. The van der Waals surface area contributed by atoms with Gasteiger partial charge in [-0.1, -0.05) is 30.7 Å². The second kappa shape index (κ2) is 5.25. The number of hydrogen-bond donors (Lipinski definition) is 1. The van der Waals surface area contributed by atoms with E-state index in [0.29, 0.717) is 6.04 Å². The molecular formula is C11H16ClN. The Morgan fingerprint density at radius 3 is 2.46 bits per heavy atom. The molecule has 1 N–H and O–H groups in total. The van der Waals surface area contributed by atoms with Crippen LogP contribution >= 0.6 is 11.6 Å². The molecule has 0 radical (unpaired) electrons. The van der Waals surface area contributed by atoms with Gasteiger partial charge in [0.25, 0.3) is 0 Å². The lowest BCUT2D eigenvalue weighted by molar-refractivity contribution is 0.534. The lowest BCUT2D eigenvalue weighted by atomic mass is 10.2. The molecule has 0 aliphatic carbocycles. The maximum atomic E-state index is 5.78. The van der Waals surface area contributed by atoms with Gasteiger partial charge in [-0.2, -0.15) is 0 Å². The van der Waals surface area contributed by atoms with Gasteiger partial charge in [-0.15, -0.1) is 0 Å². The summed E-state index contributed by atoms with van der Waals surface area (Å²) in [6, 6.07) is 8.54. The number of benzene rings is 1. The molecule has 0 heterocycles. The van der Waals surface area contributed by atoms with Crippen molar-refractivity contribution in [3.05, 3.63) is 34.9 Å². The van der Waals surface area contributed by atoms with Crippen molar-refractivity contribution in [2.45, 2.75) is 32.9 Å². The second-order valence-electron chi connectivity index (χ2n) is 3.32. The molecule has 13 heavy (non-hydrogen) atoms. The van der Waals surface area contributed by atoms with Crippen molar-refractivity contribution in [3.8, 4) is 0 Å². The Bertz CT molecular complexity index is 243. The molecule has 0 spiro atoms. The van der Waals surface area contributed by atoms with Crippen molar-refractivity contribution in [1.82, 2.24) is 5.32 Å². The Morgan fingerprint density at radius 2 is 1.92 bits per heavy atom. The predicted octanol–water partition coefficient (Wildman–Crippen LogP) is 3.23. The molecule has 1 rings (SSSR count). The summed E-state index contributed by atoms with van der Waals surface area (Å²) in [5.41, 5.74) is 1.28. The molecule has 1 atom stereocenters. The van der Waals surface area contributed by atoms with Crippen molar-refractivity contribution in [2.75, 3.05) is 0 Å². The van der Waals surface area contributed by atoms with E-state index in [1.807, 2.05) is 12.1 Å². The van der Waals surface area contributed by atoms with Crippen LogP contribution in [0, 0.1) is 0 Å². The average Bonchev–Trinajstić information content (AvgIpc) is 2.16. The summed E-state index contributed by atoms with van der Waals surface area (Å²) < 4.78 is 0. The van der Waals surface area contributed by atoms with E-state index >= 15 is 0 Å². The van der Waals surface area contributed by atoms with Gasteiger partial charge in [-0.3, -0.25) is 0 Å². The predicted molar refractivity (Wildman–Crippen MR) is 58.0 cm³/mol. The number of hydrogen-bond acceptors (Lipinski definition) is 1. The summed E-state index contributed by atoms with van der Waals surface area (Å²) in [6.07, 6.45) is 1.16. The molecular weight excluding hydrogens is 182 g/mol. The first-order chi connectivity index (χ1) is 6.22. The highest BCUT2D eigenvalue weighted by molar-refractivity contribution is 6.30. The minimum atomic E-state index is 0.579. The molecule has 0 aromatic heterocycles. The fraction of sp³-hybridized carbons (Fsp3) is 0.455. The molecule has 0 saturated carbocycles. The Labute approximate surface area is 85.1 Å². The van der Waals surface area contributed by atoms with E-state index in [1.54, 1.807) is 0 Å². The van der Waals surface area contributed by atoms with Crippen molar-refractivity contribution in [3.63, 3.8) is 0 Å². The molecule has 0 unspecified atom stereocenters. The van der Waals surface area contributed by atoms with Crippen LogP contribution in [0.25, 0.3) is 0 Å². The van der Waals surface area contributed by atoms with Crippen molar-refractivity contribution >= 4 is 11.6 Å². The van der Waals surface area contributed by atoms with Crippen LogP contribution in [0.3, 0.4) is 0 Å². The summed E-state index contributed by atoms with van der Waals surface area (Å²) in [7, 11) is 0. The van der Waals surface area contributed by atoms with Crippen LogP contribution in [-0.2, 0) is 6.54 Å². The first kappa shape index (κ1) is 10.6. The quantitative estimate of drug-likeness (QED) is 0.782. The summed E-state index contributed by atoms with van der Waals surface area (Å²) in [4.78, 5) is 0. The van der Waals surface area contributed by atoms with Gasteiger partial charge in [0.1, 0.15) is 0 Å². The van der Waals surface area contributed by atoms with Crippen LogP contribution in [0.15, 0.2) is 24.3 Å². The largest absolute Gasteiger partial charge is 0.310 e. The molecule has 1 nitrogen and oxygen atoms in total. The van der Waals surface area contributed by atoms with Gasteiger partial charge in [0.2, 0.25) is 0 Å². The third kappa shape index (κ3) is 3.79. The normalized spacial score (nSPS) is 12.8. The van der Waals surface area contributed by atoms with E-state index in [0.717, 1.165) is 18.0 Å². The number of halogens is 1. The zero-order valence-corrected chi connectivity index (χ0v) is 8.93. The van der Waals surface area contributed by atoms with Gasteiger partial charge in [-0.05, 0) is 31.0 Å². The van der Waals surface area contributed by atoms with Gasteiger partial charge in [0.15, 0.2) is 0 Å². The summed E-state index contributed by atoms with van der Waals surface area (Å²) in [5.74, 6) is 0. The van der Waals surface area contributed by atoms with Crippen LogP contribution in [0.2, 0.25) is 5.02 Å². The smallest absolute Gasteiger partial charge is 0.0406 e. The molecule has 72 valence electrons. The lowest BCUT2D eigenvalue weighted by Crippen LogP contribution is -2.24. The van der Waals surface area contributed by atoms with Crippen LogP contribution in [0.1, 0.15) is 25.8 Å². The third-order valence-electron chi connectivity index (χ3n) is 2.18. The van der Waals surface area contributed by atoms with Gasteiger partial charge >= 0.3 is 0 Å². The van der Waals surface area contributed by atoms with Gasteiger partial charge in [-0.25, -0.2) is 0 Å². The molecule has 0 aliphatic heterocycles. The topological polar surface area (TPSA) is 12.0 Å². The third-order valence-corrected chi connectivity index (χ3v) is 2.43. The van der Waals surface area contributed by atoms with Crippen LogP contribution in [-0.4, -0.2) is 6.04 Å². The molecule has 0 saturated heterocycles. The van der Waals surface area contributed by atoms with Gasteiger partial charge in [0, 0.05) is 17.6 Å². The van der Waals surface area contributed by atoms with E-state index in [4.69, 9.17) is 11.6 Å². The molecule has 1 aromatic carbocycles. The van der Waals surface area contributed by atoms with Crippen LogP contribution in [0.4, 0.5) is 0 Å². The fourth-order valence-electron chi connectivity index (χ4n) is 1.04. The SMILES string of the molecule is CC[C@H](C)NCc1ccc(Cl)cc1. The van der Waals surface area contributed by atoms with E-state index < -0.39 is 0 Å². The lowest BCUT2D eigenvalue weighted by Gasteiger charge is -2.10. The Balaban J connectivity index is 2.41. The Kier molecular flexibility index (Phi) is 4.26. The zero-order chi connectivity index (χ0) is 9.68. The molecule has 0 amide bonds. The van der Waals surface area contributed by atoms with Crippen LogP contribution in [0.5, 0.6) is 0 Å². The first-order valence-electron chi connectivity index (χ1n) is 4.70. The maximum absolute atomic E-state index is 5.78. The minimum absolute atomic E-state index is 0.579. The zero-order valence-electron chi connectivity index (χ0n) is 8.18. The monoisotopic (exact) mass is 197 g/mol. The van der Waals surface area contributed by atoms with Gasteiger partial charge in [0.05, 0.1) is 0 Å². The minimum Gasteiger partial charge on any atom is -0.310 e. The van der Waals surface area contributed by atoms with E-state index in [2.05, 4.69) is 31.3 Å². The summed E-state index contributed by atoms with van der Waals surface area (Å²) >= 11 is 5.78. The van der Waals surface area contributed by atoms with Crippen molar-refractivity contribution in [1.29, 1.82) is 0 Å². The number of rotatable bonds is 4. The van der Waals surface area contributed by atoms with Gasteiger partial charge < -0.3 is 5.32 Å². The standard InChI is InChI=1S/C11H16ClN/c1-3-9(2)13-8-10-4-6-11(12)7-5-10/h4-7,9,13H,3,8H2,1-2H3/t9-/m0/s1. The van der Waals surface area contributed by atoms with E-state index in [9.17, 15) is 0 Å². The summed E-state index contributed by atoms with van der Waals surface area (Å²) in [6.45, 7) is 5.29. The highest BCUT2D eigenvalue weighted by Gasteiger charge is 1.97. The fourth-order valence-corrected chi connectivity index (χ4v) is 1.16. The van der Waals surface area contributed by atoms with Crippen LogP contribution < -0.4 is 5.32 Å². The van der Waals surface area contributed by atoms with E-state index in [1.165, 1.54) is 5.56 Å².